The van der Waals surface area contributed by atoms with Gasteiger partial charge in [0.1, 0.15) is 23.8 Å². The summed E-state index contributed by atoms with van der Waals surface area (Å²) in [6, 6.07) is 1.58. The molecule has 0 unspecified atom stereocenters. The Bertz CT molecular complexity index is 760. The van der Waals surface area contributed by atoms with Gasteiger partial charge in [0.05, 0.1) is 12.7 Å². The van der Waals surface area contributed by atoms with E-state index in [4.69, 9.17) is 9.47 Å². The SMILES string of the molecule is COc1cc2c(c(N=O)c1C/C=C(\C)CCC=C(C)C)C(=O)[C@H](O)CO2. The fraction of sp³-hybridized carbons (Fsp3) is 0.450. The van der Waals surface area contributed by atoms with Crippen LogP contribution in [-0.4, -0.2) is 30.7 Å². The van der Waals surface area contributed by atoms with Gasteiger partial charge in [-0.1, -0.05) is 23.3 Å². The fourth-order valence-corrected chi connectivity index (χ4v) is 2.87. The van der Waals surface area contributed by atoms with E-state index in [0.717, 1.165) is 12.8 Å². The zero-order valence-electron chi connectivity index (χ0n) is 15.7. The summed E-state index contributed by atoms with van der Waals surface area (Å²) in [5.74, 6) is 0.115. The summed E-state index contributed by atoms with van der Waals surface area (Å²) in [6.07, 6.45) is 5.15. The molecule has 0 saturated carbocycles. The van der Waals surface area contributed by atoms with Gasteiger partial charge in [-0.05, 0) is 45.2 Å². The van der Waals surface area contributed by atoms with Crippen LogP contribution in [0.4, 0.5) is 5.69 Å². The Morgan fingerprint density at radius 2 is 2.12 bits per heavy atom. The third-order valence-electron chi connectivity index (χ3n) is 4.33. The number of carbonyl (C=O) groups excluding carboxylic acids is 1. The minimum Gasteiger partial charge on any atom is -0.496 e. The van der Waals surface area contributed by atoms with Crippen molar-refractivity contribution in [1.29, 1.82) is 0 Å². The molecule has 0 bridgehead atoms. The number of hydrogen-bond acceptors (Lipinski definition) is 6. The Hall–Kier alpha value is -2.47. The quantitative estimate of drug-likeness (QED) is 0.580. The number of methoxy groups -OCH3 is 1. The van der Waals surface area contributed by atoms with Crippen molar-refractivity contribution in [1.82, 2.24) is 0 Å². The normalized spacial score (nSPS) is 16.6. The first-order valence-electron chi connectivity index (χ1n) is 8.60. The van der Waals surface area contributed by atoms with Crippen molar-refractivity contribution < 1.29 is 19.4 Å². The van der Waals surface area contributed by atoms with Gasteiger partial charge in [-0.25, -0.2) is 0 Å². The number of fused-ring (bicyclic) bond motifs is 1. The molecule has 1 aliphatic rings. The predicted molar refractivity (Wildman–Crippen MR) is 100 cm³/mol. The van der Waals surface area contributed by atoms with Crippen LogP contribution < -0.4 is 9.47 Å². The topological polar surface area (TPSA) is 85.2 Å². The van der Waals surface area contributed by atoms with E-state index in [0.29, 0.717) is 17.7 Å². The predicted octanol–water partition coefficient (Wildman–Crippen LogP) is 4.26. The monoisotopic (exact) mass is 359 g/mol. The molecule has 1 atom stereocenters. The lowest BCUT2D eigenvalue weighted by atomic mass is 9.94. The zero-order chi connectivity index (χ0) is 19.3. The molecule has 1 aliphatic heterocycles. The number of Topliss-reactive ketones (excluding diaryl/α,β-unsaturated/α-hetero) is 1. The van der Waals surface area contributed by atoms with Crippen LogP contribution in [0.15, 0.2) is 34.5 Å². The average molecular weight is 359 g/mol. The highest BCUT2D eigenvalue weighted by Crippen LogP contribution is 2.42. The summed E-state index contributed by atoms with van der Waals surface area (Å²) in [6.45, 7) is 6.00. The number of nitroso groups, excluding NO2 is 1. The molecule has 1 aromatic rings. The van der Waals surface area contributed by atoms with E-state index >= 15 is 0 Å². The highest BCUT2D eigenvalue weighted by Gasteiger charge is 2.33. The van der Waals surface area contributed by atoms with Crippen LogP contribution in [0.3, 0.4) is 0 Å². The summed E-state index contributed by atoms with van der Waals surface area (Å²) in [7, 11) is 1.49. The number of carbonyl (C=O) groups is 1. The van der Waals surface area contributed by atoms with E-state index in [-0.39, 0.29) is 23.6 Å². The molecule has 0 fully saturated rings. The Morgan fingerprint density at radius 3 is 2.73 bits per heavy atom. The molecule has 0 amide bonds. The number of nitrogens with zero attached hydrogens (tertiary/aromatic N) is 1. The molecule has 0 aromatic heterocycles. The van der Waals surface area contributed by atoms with E-state index in [1.165, 1.54) is 18.3 Å². The number of ketones is 1. The first kappa shape index (κ1) is 19.8. The van der Waals surface area contributed by atoms with Crippen LogP contribution in [0.2, 0.25) is 0 Å². The van der Waals surface area contributed by atoms with Crippen molar-refractivity contribution in [2.45, 2.75) is 46.1 Å². The molecule has 1 heterocycles. The first-order valence-corrected chi connectivity index (χ1v) is 8.60. The van der Waals surface area contributed by atoms with Crippen LogP contribution in [0.25, 0.3) is 0 Å². The summed E-state index contributed by atoms with van der Waals surface area (Å²) in [4.78, 5) is 23.8. The van der Waals surface area contributed by atoms with Gasteiger partial charge >= 0.3 is 0 Å². The second-order valence-electron chi connectivity index (χ2n) is 6.64. The minimum absolute atomic E-state index is 0.0172. The van der Waals surface area contributed by atoms with Crippen molar-refractivity contribution in [3.8, 4) is 11.5 Å². The number of hydrogen-bond donors (Lipinski definition) is 1. The standard InChI is InChI=1S/C20H25NO5/c1-12(2)6-5-7-13(3)8-9-14-16(25-4)10-17-18(19(14)21-24)20(23)15(22)11-26-17/h6,8,10,15,22H,5,7,9,11H2,1-4H3/b13-8+/t15-/m1/s1. The van der Waals surface area contributed by atoms with Gasteiger partial charge < -0.3 is 14.6 Å². The Kier molecular flexibility index (Phi) is 6.69. The number of ether oxygens (including phenoxy) is 2. The van der Waals surface area contributed by atoms with Gasteiger partial charge in [0, 0.05) is 11.6 Å². The number of benzene rings is 1. The molecule has 0 spiro atoms. The third kappa shape index (κ3) is 4.38. The van der Waals surface area contributed by atoms with Crippen LogP contribution in [-0.2, 0) is 6.42 Å². The van der Waals surface area contributed by atoms with Crippen LogP contribution in [0, 0.1) is 4.91 Å². The summed E-state index contributed by atoms with van der Waals surface area (Å²) >= 11 is 0. The smallest absolute Gasteiger partial charge is 0.200 e. The van der Waals surface area contributed by atoms with Crippen molar-refractivity contribution in [3.05, 3.63) is 45.4 Å². The lowest BCUT2D eigenvalue weighted by Gasteiger charge is -2.23. The van der Waals surface area contributed by atoms with Gasteiger partial charge in [0.25, 0.3) is 0 Å². The van der Waals surface area contributed by atoms with E-state index < -0.39 is 11.9 Å². The van der Waals surface area contributed by atoms with E-state index in [1.807, 2.05) is 13.0 Å². The Balaban J connectivity index is 2.37. The number of aliphatic hydroxyl groups excluding tert-OH is 1. The third-order valence-corrected chi connectivity index (χ3v) is 4.33. The summed E-state index contributed by atoms with van der Waals surface area (Å²) < 4.78 is 10.7. The maximum absolute atomic E-state index is 12.3. The first-order chi connectivity index (χ1) is 12.4. The van der Waals surface area contributed by atoms with Crippen molar-refractivity contribution in [2.75, 3.05) is 13.7 Å². The maximum atomic E-state index is 12.3. The number of aliphatic hydroxyl groups is 1. The van der Waals surface area contributed by atoms with E-state index in [1.54, 1.807) is 6.07 Å². The Labute approximate surface area is 153 Å². The second-order valence-corrected chi connectivity index (χ2v) is 6.64. The van der Waals surface area contributed by atoms with E-state index in [9.17, 15) is 14.8 Å². The molecule has 140 valence electrons. The summed E-state index contributed by atoms with van der Waals surface area (Å²) in [5, 5.41) is 12.8. The number of allylic oxidation sites excluding steroid dienone is 4. The molecule has 0 radical (unpaired) electrons. The minimum atomic E-state index is -1.29. The van der Waals surface area contributed by atoms with Crippen molar-refractivity contribution in [3.63, 3.8) is 0 Å². The molecule has 2 rings (SSSR count). The molecule has 6 heteroatoms. The molecule has 0 aliphatic carbocycles. The van der Waals surface area contributed by atoms with Crippen LogP contribution >= 0.6 is 0 Å². The van der Waals surface area contributed by atoms with Gasteiger partial charge in [-0.15, -0.1) is 4.91 Å². The van der Waals surface area contributed by atoms with Gasteiger partial charge in [-0.2, -0.15) is 0 Å². The van der Waals surface area contributed by atoms with Crippen LogP contribution in [0.5, 0.6) is 11.5 Å². The number of rotatable bonds is 7. The highest BCUT2D eigenvalue weighted by atomic mass is 16.5. The fourth-order valence-electron chi connectivity index (χ4n) is 2.87. The van der Waals surface area contributed by atoms with Crippen molar-refractivity contribution in [2.24, 2.45) is 5.18 Å². The second kappa shape index (κ2) is 8.76. The average Bonchev–Trinajstić information content (AvgIpc) is 2.61. The zero-order valence-corrected chi connectivity index (χ0v) is 15.7. The lowest BCUT2D eigenvalue weighted by Crippen LogP contribution is -2.32. The molecule has 1 aromatic carbocycles. The van der Waals surface area contributed by atoms with Crippen LogP contribution in [0.1, 0.15) is 49.5 Å². The molecule has 26 heavy (non-hydrogen) atoms. The highest BCUT2D eigenvalue weighted by molar-refractivity contribution is 6.07. The van der Waals surface area contributed by atoms with Gasteiger partial charge in [-0.3, -0.25) is 4.79 Å². The molecule has 0 saturated heterocycles. The molecule has 1 N–H and O–H groups in total. The molecule has 6 nitrogen and oxygen atoms in total. The largest absolute Gasteiger partial charge is 0.496 e. The van der Waals surface area contributed by atoms with Gasteiger partial charge in [0.15, 0.2) is 6.10 Å². The molecular weight excluding hydrogens is 334 g/mol. The van der Waals surface area contributed by atoms with Crippen molar-refractivity contribution >= 4 is 11.5 Å². The maximum Gasteiger partial charge on any atom is 0.200 e. The molecular formula is C20H25NO5. The van der Waals surface area contributed by atoms with Gasteiger partial charge in [0.2, 0.25) is 5.78 Å². The lowest BCUT2D eigenvalue weighted by molar-refractivity contribution is 0.0558. The summed E-state index contributed by atoms with van der Waals surface area (Å²) in [5.41, 5.74) is 2.98. The Morgan fingerprint density at radius 1 is 1.38 bits per heavy atom. The van der Waals surface area contributed by atoms with E-state index in [2.05, 4.69) is 25.1 Å².